The fourth-order valence-corrected chi connectivity index (χ4v) is 2.90. The molecule has 0 aromatic carbocycles. The summed E-state index contributed by atoms with van der Waals surface area (Å²) in [6.07, 6.45) is 4.44. The minimum absolute atomic E-state index is 0.358. The van der Waals surface area contributed by atoms with Gasteiger partial charge in [-0.05, 0) is 12.3 Å². The van der Waals surface area contributed by atoms with Crippen LogP contribution in [0.3, 0.4) is 0 Å². The Labute approximate surface area is 140 Å². The topological polar surface area (TPSA) is 67.1 Å². The number of nitrogens with one attached hydrogen (secondary N) is 2. The molecule has 0 bridgehead atoms. The molecule has 6 nitrogen and oxygen atoms in total. The van der Waals surface area contributed by atoms with Gasteiger partial charge in [-0.2, -0.15) is 5.10 Å². The van der Waals surface area contributed by atoms with Crippen LogP contribution in [0.1, 0.15) is 64.5 Å². The van der Waals surface area contributed by atoms with Crippen LogP contribution >= 0.6 is 0 Å². The van der Waals surface area contributed by atoms with Gasteiger partial charge in [0, 0.05) is 32.0 Å². The zero-order chi connectivity index (χ0) is 16.8. The quantitative estimate of drug-likeness (QED) is 0.623. The van der Waals surface area contributed by atoms with Crippen LogP contribution in [0.15, 0.2) is 4.99 Å². The summed E-state index contributed by atoms with van der Waals surface area (Å²) < 4.78 is 2.06. The van der Waals surface area contributed by atoms with Gasteiger partial charge < -0.3 is 10.6 Å². The van der Waals surface area contributed by atoms with Crippen molar-refractivity contribution in [2.75, 3.05) is 13.6 Å². The van der Waals surface area contributed by atoms with Crippen molar-refractivity contribution < 1.29 is 0 Å². The van der Waals surface area contributed by atoms with E-state index in [0.29, 0.717) is 17.9 Å². The van der Waals surface area contributed by atoms with Gasteiger partial charge in [0.25, 0.3) is 0 Å². The molecule has 0 saturated carbocycles. The van der Waals surface area contributed by atoms with Crippen molar-refractivity contribution >= 4 is 5.96 Å². The minimum Gasteiger partial charge on any atom is -0.356 e. The van der Waals surface area contributed by atoms with Gasteiger partial charge in [-0.1, -0.05) is 40.5 Å². The average molecular weight is 320 g/mol. The van der Waals surface area contributed by atoms with Gasteiger partial charge in [0.15, 0.2) is 11.8 Å². The summed E-state index contributed by atoms with van der Waals surface area (Å²) in [6.45, 7) is 10.6. The molecule has 1 unspecified atom stereocenters. The summed E-state index contributed by atoms with van der Waals surface area (Å²) in [5.41, 5.74) is 0. The monoisotopic (exact) mass is 320 g/mol. The molecule has 0 radical (unpaired) electrons. The number of hydrogen-bond acceptors (Lipinski definition) is 3. The summed E-state index contributed by atoms with van der Waals surface area (Å²) in [6, 6.07) is 0.358. The molecule has 6 heteroatoms. The third kappa shape index (κ3) is 4.69. The molecular formula is C17H32N6. The number of nitrogens with zero attached hydrogens (tertiary/aromatic N) is 4. The highest BCUT2D eigenvalue weighted by Crippen LogP contribution is 2.17. The molecule has 23 heavy (non-hydrogen) atoms. The summed E-state index contributed by atoms with van der Waals surface area (Å²) >= 11 is 0. The number of fused-ring (bicyclic) bond motifs is 1. The van der Waals surface area contributed by atoms with E-state index in [1.54, 1.807) is 0 Å². The third-order valence-electron chi connectivity index (χ3n) is 4.67. The van der Waals surface area contributed by atoms with Gasteiger partial charge >= 0.3 is 0 Å². The molecule has 1 aliphatic heterocycles. The first-order valence-electron chi connectivity index (χ1n) is 8.98. The highest BCUT2D eigenvalue weighted by molar-refractivity contribution is 5.79. The fraction of sp³-hybridized carbons (Fsp3) is 0.824. The highest BCUT2D eigenvalue weighted by atomic mass is 15.4. The standard InChI is InChI=1S/C17H32N6/c1-6-13(7-2)10-19-17(18-5)20-14-8-9-15-21-16(12(3)4)22-23(15)11-14/h12-14H,6-11H2,1-5H3,(H2,18,19,20). The Morgan fingerprint density at radius 2 is 2.09 bits per heavy atom. The maximum absolute atomic E-state index is 4.64. The van der Waals surface area contributed by atoms with E-state index in [0.717, 1.165) is 43.5 Å². The van der Waals surface area contributed by atoms with Crippen LogP contribution in [-0.4, -0.2) is 40.4 Å². The van der Waals surface area contributed by atoms with E-state index in [1.807, 2.05) is 7.05 Å². The van der Waals surface area contributed by atoms with Crippen LogP contribution in [0.25, 0.3) is 0 Å². The highest BCUT2D eigenvalue weighted by Gasteiger charge is 2.23. The molecule has 130 valence electrons. The van der Waals surface area contributed by atoms with Crippen molar-refractivity contribution in [3.8, 4) is 0 Å². The predicted molar refractivity (Wildman–Crippen MR) is 94.8 cm³/mol. The van der Waals surface area contributed by atoms with Crippen molar-refractivity contribution in [2.45, 2.75) is 71.9 Å². The van der Waals surface area contributed by atoms with Crippen LogP contribution < -0.4 is 10.6 Å². The van der Waals surface area contributed by atoms with Crippen molar-refractivity contribution in [3.63, 3.8) is 0 Å². The molecule has 2 N–H and O–H groups in total. The normalized spacial score (nSPS) is 18.4. The maximum Gasteiger partial charge on any atom is 0.191 e. The molecule has 1 atom stereocenters. The Bertz CT molecular complexity index is 515. The second-order valence-electron chi connectivity index (χ2n) is 6.74. The lowest BCUT2D eigenvalue weighted by Crippen LogP contribution is -2.48. The molecule has 0 spiro atoms. The Balaban J connectivity index is 1.90. The Morgan fingerprint density at radius 1 is 1.35 bits per heavy atom. The first-order chi connectivity index (χ1) is 11.1. The Kier molecular flexibility index (Phi) is 6.42. The Morgan fingerprint density at radius 3 is 2.70 bits per heavy atom. The first kappa shape index (κ1) is 17.8. The number of guanidine groups is 1. The van der Waals surface area contributed by atoms with Gasteiger partial charge in [-0.15, -0.1) is 0 Å². The van der Waals surface area contributed by atoms with Gasteiger partial charge in [0.1, 0.15) is 5.82 Å². The number of aromatic nitrogens is 3. The van der Waals surface area contributed by atoms with Gasteiger partial charge in [0.2, 0.25) is 0 Å². The fourth-order valence-electron chi connectivity index (χ4n) is 2.90. The van der Waals surface area contributed by atoms with Crippen LogP contribution in [-0.2, 0) is 13.0 Å². The van der Waals surface area contributed by atoms with E-state index in [9.17, 15) is 0 Å². The second-order valence-corrected chi connectivity index (χ2v) is 6.74. The maximum atomic E-state index is 4.64. The number of hydrogen-bond donors (Lipinski definition) is 2. The summed E-state index contributed by atoms with van der Waals surface area (Å²) in [5.74, 6) is 4.06. The zero-order valence-electron chi connectivity index (χ0n) is 15.3. The van der Waals surface area contributed by atoms with Crippen LogP contribution in [0.5, 0.6) is 0 Å². The SMILES string of the molecule is CCC(CC)CNC(=NC)NC1CCc2nc(C(C)C)nn2C1. The minimum atomic E-state index is 0.358. The summed E-state index contributed by atoms with van der Waals surface area (Å²) in [4.78, 5) is 9.01. The van der Waals surface area contributed by atoms with Crippen LogP contribution in [0.2, 0.25) is 0 Å². The van der Waals surface area contributed by atoms with E-state index in [2.05, 4.69) is 58.1 Å². The molecule has 1 aromatic heterocycles. The van der Waals surface area contributed by atoms with Gasteiger partial charge in [-0.3, -0.25) is 4.99 Å². The molecule has 0 saturated heterocycles. The predicted octanol–water partition coefficient (Wildman–Crippen LogP) is 2.32. The molecule has 1 aromatic rings. The van der Waals surface area contributed by atoms with Crippen molar-refractivity contribution in [1.82, 2.24) is 25.4 Å². The lowest BCUT2D eigenvalue weighted by Gasteiger charge is -2.26. The molecule has 1 aliphatic rings. The van der Waals surface area contributed by atoms with E-state index >= 15 is 0 Å². The van der Waals surface area contributed by atoms with Crippen molar-refractivity contribution in [1.29, 1.82) is 0 Å². The third-order valence-corrected chi connectivity index (χ3v) is 4.67. The number of rotatable bonds is 6. The molecule has 2 rings (SSSR count). The zero-order valence-corrected chi connectivity index (χ0v) is 15.3. The molecular weight excluding hydrogens is 288 g/mol. The summed E-state index contributed by atoms with van der Waals surface area (Å²) in [5, 5.41) is 11.6. The lowest BCUT2D eigenvalue weighted by atomic mass is 10.0. The number of aliphatic imine (C=N–C) groups is 1. The second kappa shape index (κ2) is 8.31. The largest absolute Gasteiger partial charge is 0.356 e. The number of aryl methyl sites for hydroxylation is 1. The molecule has 0 aliphatic carbocycles. The van der Waals surface area contributed by atoms with E-state index in [4.69, 9.17) is 0 Å². The molecule has 0 amide bonds. The van der Waals surface area contributed by atoms with Crippen molar-refractivity contribution in [2.24, 2.45) is 10.9 Å². The van der Waals surface area contributed by atoms with Crippen LogP contribution in [0, 0.1) is 5.92 Å². The van der Waals surface area contributed by atoms with E-state index in [-0.39, 0.29) is 0 Å². The van der Waals surface area contributed by atoms with E-state index in [1.165, 1.54) is 12.8 Å². The Hall–Kier alpha value is -1.59. The van der Waals surface area contributed by atoms with Crippen LogP contribution in [0.4, 0.5) is 0 Å². The summed E-state index contributed by atoms with van der Waals surface area (Å²) in [7, 11) is 1.84. The molecule has 0 fully saturated rings. The van der Waals surface area contributed by atoms with Gasteiger partial charge in [-0.25, -0.2) is 9.67 Å². The first-order valence-corrected chi connectivity index (χ1v) is 8.98. The average Bonchev–Trinajstić information content (AvgIpc) is 2.98. The van der Waals surface area contributed by atoms with Crippen molar-refractivity contribution in [3.05, 3.63) is 11.6 Å². The lowest BCUT2D eigenvalue weighted by molar-refractivity contribution is 0.389. The van der Waals surface area contributed by atoms with E-state index < -0.39 is 0 Å². The van der Waals surface area contributed by atoms with Gasteiger partial charge in [0.05, 0.1) is 6.54 Å². The molecule has 2 heterocycles. The smallest absolute Gasteiger partial charge is 0.191 e.